The summed E-state index contributed by atoms with van der Waals surface area (Å²) in [6.07, 6.45) is 3.04. The second kappa shape index (κ2) is 5.88. The summed E-state index contributed by atoms with van der Waals surface area (Å²) in [4.78, 5) is 16.2. The van der Waals surface area contributed by atoms with E-state index in [2.05, 4.69) is 31.3 Å². The Labute approximate surface area is 129 Å². The van der Waals surface area contributed by atoms with Gasteiger partial charge >= 0.3 is 0 Å². The second-order valence-corrected chi connectivity index (χ2v) is 5.24. The lowest BCUT2D eigenvalue weighted by Crippen LogP contribution is -2.14. The highest BCUT2D eigenvalue weighted by atomic mass is 79.9. The Morgan fingerprint density at radius 2 is 2.00 bits per heavy atom. The lowest BCUT2D eigenvalue weighted by atomic mass is 10.2. The fourth-order valence-corrected chi connectivity index (χ4v) is 2.34. The summed E-state index contributed by atoms with van der Waals surface area (Å²) in [6, 6.07) is 14.7. The highest BCUT2D eigenvalue weighted by molar-refractivity contribution is 9.10. The predicted molar refractivity (Wildman–Crippen MR) is 83.5 cm³/mol. The van der Waals surface area contributed by atoms with E-state index in [1.54, 1.807) is 23.1 Å². The van der Waals surface area contributed by atoms with Crippen molar-refractivity contribution in [2.24, 2.45) is 0 Å². The van der Waals surface area contributed by atoms with Gasteiger partial charge in [0.05, 0.1) is 11.4 Å². The van der Waals surface area contributed by atoms with Crippen molar-refractivity contribution >= 4 is 27.5 Å². The zero-order valence-corrected chi connectivity index (χ0v) is 12.5. The second-order valence-electron chi connectivity index (χ2n) is 4.32. The van der Waals surface area contributed by atoms with Gasteiger partial charge in [-0.05, 0) is 30.3 Å². The average Bonchev–Trinajstić information content (AvgIpc) is 3.02. The van der Waals surface area contributed by atoms with E-state index in [4.69, 9.17) is 0 Å². The van der Waals surface area contributed by atoms with Crippen LogP contribution in [0.15, 0.2) is 65.7 Å². The van der Waals surface area contributed by atoms with E-state index in [1.807, 2.05) is 36.4 Å². The van der Waals surface area contributed by atoms with Crippen molar-refractivity contribution < 1.29 is 4.79 Å². The highest BCUT2D eigenvalue weighted by Gasteiger charge is 2.10. The maximum atomic E-state index is 12.3. The molecule has 6 heteroatoms. The molecule has 0 saturated carbocycles. The van der Waals surface area contributed by atoms with Crippen LogP contribution >= 0.6 is 15.9 Å². The van der Waals surface area contributed by atoms with Crippen molar-refractivity contribution in [2.45, 2.75) is 0 Å². The van der Waals surface area contributed by atoms with Gasteiger partial charge in [0, 0.05) is 10.0 Å². The lowest BCUT2D eigenvalue weighted by Gasteiger charge is -2.10. The van der Waals surface area contributed by atoms with E-state index in [1.165, 1.54) is 6.33 Å². The molecule has 0 unspecified atom stereocenters. The molecule has 1 heterocycles. The Morgan fingerprint density at radius 3 is 2.76 bits per heavy atom. The minimum Gasteiger partial charge on any atom is -0.320 e. The van der Waals surface area contributed by atoms with Crippen molar-refractivity contribution in [3.8, 4) is 5.69 Å². The largest absolute Gasteiger partial charge is 0.320 e. The van der Waals surface area contributed by atoms with Crippen LogP contribution in [-0.4, -0.2) is 20.7 Å². The van der Waals surface area contributed by atoms with Gasteiger partial charge in [0.2, 0.25) is 0 Å². The van der Waals surface area contributed by atoms with Crippen LogP contribution in [0.4, 0.5) is 5.69 Å². The Morgan fingerprint density at radius 1 is 1.14 bits per heavy atom. The van der Waals surface area contributed by atoms with Gasteiger partial charge < -0.3 is 5.32 Å². The minimum atomic E-state index is -0.177. The van der Waals surface area contributed by atoms with Crippen LogP contribution in [0.5, 0.6) is 0 Å². The highest BCUT2D eigenvalue weighted by Crippen LogP contribution is 2.20. The van der Waals surface area contributed by atoms with Crippen LogP contribution in [-0.2, 0) is 0 Å². The number of halogens is 1. The molecule has 0 bridgehead atoms. The Bertz CT molecular complexity index is 771. The molecule has 0 aliphatic heterocycles. The molecule has 3 aromatic rings. The third-order valence-electron chi connectivity index (χ3n) is 2.90. The summed E-state index contributed by atoms with van der Waals surface area (Å²) in [7, 11) is 0. The number of anilines is 1. The number of benzene rings is 2. The molecule has 0 radical (unpaired) electrons. The van der Waals surface area contributed by atoms with Gasteiger partial charge in [-0.2, -0.15) is 5.10 Å². The van der Waals surface area contributed by atoms with Crippen LogP contribution < -0.4 is 5.32 Å². The van der Waals surface area contributed by atoms with E-state index in [0.717, 1.165) is 10.2 Å². The van der Waals surface area contributed by atoms with Gasteiger partial charge in [-0.25, -0.2) is 9.67 Å². The van der Waals surface area contributed by atoms with Crippen molar-refractivity contribution in [3.63, 3.8) is 0 Å². The summed E-state index contributed by atoms with van der Waals surface area (Å²) < 4.78 is 2.47. The number of rotatable bonds is 3. The van der Waals surface area contributed by atoms with Crippen molar-refractivity contribution in [1.82, 2.24) is 14.8 Å². The van der Waals surface area contributed by atoms with Gasteiger partial charge in [-0.15, -0.1) is 0 Å². The van der Waals surface area contributed by atoms with Gasteiger partial charge in [-0.1, -0.05) is 34.1 Å². The first kappa shape index (κ1) is 13.5. The number of para-hydroxylation sites is 2. The number of hydrogen-bond donors (Lipinski definition) is 1. The fourth-order valence-electron chi connectivity index (χ4n) is 1.94. The molecule has 0 aliphatic carbocycles. The average molecular weight is 343 g/mol. The summed E-state index contributed by atoms with van der Waals surface area (Å²) in [5, 5.41) is 6.98. The number of amides is 1. The Balaban J connectivity index is 1.90. The van der Waals surface area contributed by atoms with E-state index < -0.39 is 0 Å². The first-order valence-corrected chi connectivity index (χ1v) is 7.04. The fraction of sp³-hybridized carbons (Fsp3) is 0. The third-order valence-corrected chi connectivity index (χ3v) is 3.40. The van der Waals surface area contributed by atoms with Crippen LogP contribution in [0.25, 0.3) is 5.69 Å². The Hall–Kier alpha value is -2.47. The summed E-state index contributed by atoms with van der Waals surface area (Å²) in [6.45, 7) is 0. The van der Waals surface area contributed by atoms with Gasteiger partial charge in [0.15, 0.2) is 0 Å². The van der Waals surface area contributed by atoms with E-state index in [-0.39, 0.29) is 5.91 Å². The zero-order valence-electron chi connectivity index (χ0n) is 10.9. The maximum absolute atomic E-state index is 12.3. The van der Waals surface area contributed by atoms with Crippen LogP contribution in [0.1, 0.15) is 10.4 Å². The number of carbonyl (C=O) groups is 1. The number of nitrogens with one attached hydrogen (secondary N) is 1. The molecule has 0 spiro atoms. The smallest absolute Gasteiger partial charge is 0.255 e. The molecule has 0 saturated heterocycles. The van der Waals surface area contributed by atoms with Crippen LogP contribution in [0, 0.1) is 0 Å². The minimum absolute atomic E-state index is 0.177. The molecule has 21 heavy (non-hydrogen) atoms. The SMILES string of the molecule is O=C(Nc1ccccc1-n1cncn1)c1cccc(Br)c1. The Kier molecular flexibility index (Phi) is 3.79. The molecule has 0 aliphatic rings. The number of nitrogens with zero attached hydrogens (tertiary/aromatic N) is 3. The number of carbonyl (C=O) groups excluding carboxylic acids is 1. The van der Waals surface area contributed by atoms with Gasteiger partial charge in [0.25, 0.3) is 5.91 Å². The van der Waals surface area contributed by atoms with Crippen molar-refractivity contribution in [2.75, 3.05) is 5.32 Å². The topological polar surface area (TPSA) is 59.8 Å². The van der Waals surface area contributed by atoms with E-state index in [9.17, 15) is 4.79 Å². The predicted octanol–water partition coefficient (Wildman–Crippen LogP) is 3.28. The monoisotopic (exact) mass is 342 g/mol. The molecule has 0 atom stereocenters. The first-order valence-electron chi connectivity index (χ1n) is 6.25. The quantitative estimate of drug-likeness (QED) is 0.794. The van der Waals surface area contributed by atoms with Crippen molar-refractivity contribution in [1.29, 1.82) is 0 Å². The molecule has 2 aromatic carbocycles. The van der Waals surface area contributed by atoms with E-state index >= 15 is 0 Å². The third kappa shape index (κ3) is 3.00. The zero-order chi connectivity index (χ0) is 14.7. The number of hydrogen-bond acceptors (Lipinski definition) is 3. The van der Waals surface area contributed by atoms with Gasteiger partial charge in [0.1, 0.15) is 12.7 Å². The summed E-state index contributed by atoms with van der Waals surface area (Å²) in [5.74, 6) is -0.177. The molecule has 1 aromatic heterocycles. The molecule has 1 amide bonds. The van der Waals surface area contributed by atoms with E-state index in [0.29, 0.717) is 11.3 Å². The first-order chi connectivity index (χ1) is 10.2. The molecule has 1 N–H and O–H groups in total. The maximum Gasteiger partial charge on any atom is 0.255 e. The van der Waals surface area contributed by atoms with Crippen LogP contribution in [0.3, 0.4) is 0 Å². The standard InChI is InChI=1S/C15H11BrN4O/c16-12-5-3-4-11(8-12)15(21)19-13-6-1-2-7-14(13)20-10-17-9-18-20/h1-10H,(H,19,21). The molecular weight excluding hydrogens is 332 g/mol. The van der Waals surface area contributed by atoms with Crippen LogP contribution in [0.2, 0.25) is 0 Å². The van der Waals surface area contributed by atoms with Gasteiger partial charge in [-0.3, -0.25) is 4.79 Å². The normalized spacial score (nSPS) is 10.3. The molecular formula is C15H11BrN4O. The number of aromatic nitrogens is 3. The van der Waals surface area contributed by atoms with Crippen molar-refractivity contribution in [3.05, 3.63) is 71.2 Å². The molecule has 3 rings (SSSR count). The molecule has 5 nitrogen and oxygen atoms in total. The molecule has 0 fully saturated rings. The summed E-state index contributed by atoms with van der Waals surface area (Å²) in [5.41, 5.74) is 2.02. The lowest BCUT2D eigenvalue weighted by molar-refractivity contribution is 0.102. The molecule has 104 valence electrons. The summed E-state index contributed by atoms with van der Waals surface area (Å²) >= 11 is 3.36.